The first kappa shape index (κ1) is 25.0. The molecule has 0 saturated carbocycles. The molecule has 0 radical (unpaired) electrons. The van der Waals surface area contributed by atoms with Gasteiger partial charge in [0.15, 0.2) is 21.8 Å². The molecule has 2 amide bonds. The van der Waals surface area contributed by atoms with Crippen molar-refractivity contribution in [2.45, 2.75) is 6.92 Å². The van der Waals surface area contributed by atoms with Crippen molar-refractivity contribution in [2.24, 2.45) is 9.98 Å². The molecule has 1 saturated heterocycles. The Bertz CT molecular complexity index is 1410. The Hall–Kier alpha value is -3.70. The number of aliphatic imine (C=N–C) groups is 2. The Morgan fingerprint density at radius 1 is 0.811 bits per heavy atom. The van der Waals surface area contributed by atoms with E-state index in [0.29, 0.717) is 52.1 Å². The fourth-order valence-electron chi connectivity index (χ4n) is 4.01. The topological polar surface area (TPSA) is 115 Å². The van der Waals surface area contributed by atoms with Crippen molar-refractivity contribution in [1.82, 2.24) is 9.80 Å². The summed E-state index contributed by atoms with van der Waals surface area (Å²) in [4.78, 5) is 38.7. The molecule has 9 nitrogen and oxygen atoms in total. The summed E-state index contributed by atoms with van der Waals surface area (Å²) in [6, 6.07) is 10.1. The van der Waals surface area contributed by atoms with Crippen LogP contribution >= 0.6 is 23.5 Å². The third-order valence-electron chi connectivity index (χ3n) is 6.06. The summed E-state index contributed by atoms with van der Waals surface area (Å²) in [5.74, 6) is 0.0292. The first-order valence-electron chi connectivity index (χ1n) is 11.5. The number of amidine groups is 2. The first-order valence-corrected chi connectivity index (χ1v) is 13.2. The van der Waals surface area contributed by atoms with Crippen molar-refractivity contribution in [3.05, 3.63) is 62.9 Å². The van der Waals surface area contributed by atoms with Crippen LogP contribution in [0.3, 0.4) is 0 Å². The standard InChI is InChI=1S/C26H24N4O5S2/c1-15-11-16(3-5-18(15)31)13-21-23(33)27-25(36-21)29-7-9-30(10-8-29)26-28-24(34)22(37-26)14-17-4-6-19(32)20(12-17)35-2/h3-6,11-14,31-32H,7-10H2,1-2H3/b21-13-,22-14-. The van der Waals surface area contributed by atoms with E-state index in [0.717, 1.165) is 16.7 Å². The monoisotopic (exact) mass is 536 g/mol. The van der Waals surface area contributed by atoms with Crippen LogP contribution in [0.1, 0.15) is 16.7 Å². The van der Waals surface area contributed by atoms with Crippen LogP contribution in [0.5, 0.6) is 17.2 Å². The zero-order valence-corrected chi connectivity index (χ0v) is 21.8. The predicted octanol–water partition coefficient (Wildman–Crippen LogP) is 3.67. The lowest BCUT2D eigenvalue weighted by Crippen LogP contribution is -2.49. The summed E-state index contributed by atoms with van der Waals surface area (Å²) in [5, 5.41) is 20.8. The number of methoxy groups -OCH3 is 1. The first-order chi connectivity index (χ1) is 17.8. The minimum atomic E-state index is -0.296. The Kier molecular flexibility index (Phi) is 6.98. The maximum absolute atomic E-state index is 12.5. The number of carbonyl (C=O) groups excluding carboxylic acids is 2. The summed E-state index contributed by atoms with van der Waals surface area (Å²) in [6.07, 6.45) is 3.53. The van der Waals surface area contributed by atoms with E-state index in [9.17, 15) is 19.8 Å². The number of amides is 2. The third-order valence-corrected chi connectivity index (χ3v) is 8.15. The number of aromatic hydroxyl groups is 2. The van der Waals surface area contributed by atoms with E-state index in [-0.39, 0.29) is 23.3 Å². The molecule has 37 heavy (non-hydrogen) atoms. The maximum atomic E-state index is 12.5. The van der Waals surface area contributed by atoms with Gasteiger partial charge in [-0.1, -0.05) is 12.1 Å². The Labute approximate surface area is 222 Å². The van der Waals surface area contributed by atoms with Crippen molar-refractivity contribution in [3.63, 3.8) is 0 Å². The highest BCUT2D eigenvalue weighted by molar-refractivity contribution is 8.18. The number of carbonyl (C=O) groups is 2. The van der Waals surface area contributed by atoms with Gasteiger partial charge >= 0.3 is 0 Å². The number of benzene rings is 2. The minimum Gasteiger partial charge on any atom is -0.508 e. The van der Waals surface area contributed by atoms with Crippen LogP contribution < -0.4 is 4.74 Å². The highest BCUT2D eigenvalue weighted by Gasteiger charge is 2.32. The SMILES string of the molecule is COc1cc(/C=C2\SC(N3CCN(C4=NC(=O)/C(=C/c5ccc(O)c(C)c5)S4)CC3)=NC2=O)ccc1O. The predicted molar refractivity (Wildman–Crippen MR) is 147 cm³/mol. The zero-order chi connectivity index (χ0) is 26.1. The fourth-order valence-corrected chi connectivity index (χ4v) is 5.94. The van der Waals surface area contributed by atoms with Crippen LogP contribution in [0.25, 0.3) is 12.2 Å². The van der Waals surface area contributed by atoms with Gasteiger partial charge in [-0.3, -0.25) is 9.59 Å². The second-order valence-electron chi connectivity index (χ2n) is 8.57. The quantitative estimate of drug-likeness (QED) is 0.567. The van der Waals surface area contributed by atoms with Crippen LogP contribution in [0, 0.1) is 6.92 Å². The normalized spacial score (nSPS) is 20.2. The molecule has 0 atom stereocenters. The highest BCUT2D eigenvalue weighted by Crippen LogP contribution is 2.34. The molecule has 0 aromatic heterocycles. The molecule has 0 unspecified atom stereocenters. The number of piperazine rings is 1. The van der Waals surface area contributed by atoms with E-state index >= 15 is 0 Å². The van der Waals surface area contributed by atoms with Gasteiger partial charge in [0.1, 0.15) is 5.75 Å². The number of nitrogens with zero attached hydrogens (tertiary/aromatic N) is 4. The van der Waals surface area contributed by atoms with E-state index < -0.39 is 0 Å². The van der Waals surface area contributed by atoms with Gasteiger partial charge < -0.3 is 24.7 Å². The van der Waals surface area contributed by atoms with Gasteiger partial charge in [-0.05, 0) is 83.6 Å². The van der Waals surface area contributed by atoms with E-state index in [2.05, 4.69) is 19.8 Å². The third kappa shape index (κ3) is 5.37. The molecule has 3 aliphatic rings. The largest absolute Gasteiger partial charge is 0.508 e. The molecule has 0 spiro atoms. The van der Waals surface area contributed by atoms with Gasteiger partial charge in [-0.2, -0.15) is 9.98 Å². The number of hydrogen-bond acceptors (Lipinski definition) is 9. The highest BCUT2D eigenvalue weighted by atomic mass is 32.2. The lowest BCUT2D eigenvalue weighted by molar-refractivity contribution is -0.114. The van der Waals surface area contributed by atoms with Crippen molar-refractivity contribution in [2.75, 3.05) is 33.3 Å². The number of phenolic OH excluding ortho intramolecular Hbond substituents is 2. The van der Waals surface area contributed by atoms with Crippen molar-refractivity contribution >= 4 is 57.8 Å². The Morgan fingerprint density at radius 2 is 1.30 bits per heavy atom. The Morgan fingerprint density at radius 3 is 1.78 bits per heavy atom. The van der Waals surface area contributed by atoms with Crippen molar-refractivity contribution in [1.29, 1.82) is 0 Å². The summed E-state index contributed by atoms with van der Waals surface area (Å²) < 4.78 is 5.14. The molecule has 3 aliphatic heterocycles. The number of hydrogen-bond donors (Lipinski definition) is 2. The summed E-state index contributed by atoms with van der Waals surface area (Å²) >= 11 is 2.67. The second-order valence-corrected chi connectivity index (χ2v) is 10.6. The molecule has 5 rings (SSSR count). The fraction of sp³-hybridized carbons (Fsp3) is 0.231. The molecule has 2 aromatic rings. The number of aryl methyl sites for hydroxylation is 1. The second kappa shape index (κ2) is 10.3. The van der Waals surface area contributed by atoms with Gasteiger partial charge in [-0.15, -0.1) is 0 Å². The lowest BCUT2D eigenvalue weighted by Gasteiger charge is -2.35. The number of rotatable bonds is 3. The summed E-state index contributed by atoms with van der Waals surface area (Å²) in [7, 11) is 1.47. The van der Waals surface area contributed by atoms with Gasteiger partial charge in [-0.25, -0.2) is 0 Å². The molecule has 190 valence electrons. The van der Waals surface area contributed by atoms with E-state index in [4.69, 9.17) is 4.74 Å². The van der Waals surface area contributed by atoms with Crippen molar-refractivity contribution in [3.8, 4) is 17.2 Å². The lowest BCUT2D eigenvalue weighted by atomic mass is 10.1. The van der Waals surface area contributed by atoms with Gasteiger partial charge in [0, 0.05) is 26.2 Å². The minimum absolute atomic E-state index is 0.0367. The maximum Gasteiger partial charge on any atom is 0.286 e. The molecule has 0 bridgehead atoms. The average Bonchev–Trinajstić information content (AvgIpc) is 3.44. The van der Waals surface area contributed by atoms with Crippen LogP contribution in [0.4, 0.5) is 0 Å². The summed E-state index contributed by atoms with van der Waals surface area (Å²) in [5.41, 5.74) is 2.32. The molecular weight excluding hydrogens is 512 g/mol. The van der Waals surface area contributed by atoms with Crippen LogP contribution in [0.2, 0.25) is 0 Å². The van der Waals surface area contributed by atoms with Gasteiger partial charge in [0.05, 0.1) is 16.9 Å². The van der Waals surface area contributed by atoms with Crippen LogP contribution in [-0.2, 0) is 9.59 Å². The molecule has 11 heteroatoms. The average molecular weight is 537 g/mol. The number of ether oxygens (including phenoxy) is 1. The smallest absolute Gasteiger partial charge is 0.286 e. The van der Waals surface area contributed by atoms with E-state index in [1.54, 1.807) is 36.4 Å². The molecule has 3 heterocycles. The Balaban J connectivity index is 1.19. The molecule has 2 N–H and O–H groups in total. The molecule has 2 aromatic carbocycles. The zero-order valence-electron chi connectivity index (χ0n) is 20.2. The van der Waals surface area contributed by atoms with Gasteiger partial charge in [0.25, 0.3) is 11.8 Å². The number of thioether (sulfide) groups is 2. The van der Waals surface area contributed by atoms with E-state index in [1.807, 2.05) is 13.0 Å². The summed E-state index contributed by atoms with van der Waals surface area (Å²) in [6.45, 7) is 4.39. The van der Waals surface area contributed by atoms with Gasteiger partial charge in [0.2, 0.25) is 0 Å². The van der Waals surface area contributed by atoms with Crippen molar-refractivity contribution < 1.29 is 24.5 Å². The van der Waals surface area contributed by atoms with Crippen LogP contribution in [-0.4, -0.2) is 75.5 Å². The molecular formula is C26H24N4O5S2. The molecule has 0 aliphatic carbocycles. The van der Waals surface area contributed by atoms with E-state index in [1.165, 1.54) is 36.7 Å². The molecule has 1 fully saturated rings. The van der Waals surface area contributed by atoms with Crippen LogP contribution in [0.15, 0.2) is 56.2 Å². The number of phenols is 2.